The number of fused-ring (bicyclic) bond motifs is 1. The maximum Gasteiger partial charge on any atom is 0.225 e. The zero-order chi connectivity index (χ0) is 21.1. The molecule has 1 unspecified atom stereocenters. The number of aryl methyl sites for hydroxylation is 1. The van der Waals surface area contributed by atoms with Crippen LogP contribution in [0.2, 0.25) is 0 Å². The first kappa shape index (κ1) is 20.5. The van der Waals surface area contributed by atoms with Crippen LogP contribution in [-0.2, 0) is 4.79 Å². The van der Waals surface area contributed by atoms with Crippen LogP contribution in [0.5, 0.6) is 11.5 Å². The number of carbonyl (C=O) groups excluding carboxylic acids is 1. The summed E-state index contributed by atoms with van der Waals surface area (Å²) in [7, 11) is 0. The highest BCUT2D eigenvalue weighted by molar-refractivity contribution is 7.11. The van der Waals surface area contributed by atoms with E-state index in [-0.39, 0.29) is 11.8 Å². The predicted octanol–water partition coefficient (Wildman–Crippen LogP) is 6.39. The van der Waals surface area contributed by atoms with E-state index in [0.29, 0.717) is 19.6 Å². The van der Waals surface area contributed by atoms with E-state index in [1.807, 2.05) is 19.1 Å². The van der Waals surface area contributed by atoms with E-state index in [1.165, 1.54) is 10.4 Å². The fourth-order valence-corrected chi connectivity index (χ4v) is 4.94. The molecule has 0 saturated carbocycles. The van der Waals surface area contributed by atoms with Gasteiger partial charge in [0.25, 0.3) is 0 Å². The minimum absolute atomic E-state index is 0.0115. The molecule has 0 bridgehead atoms. The first-order valence-corrected chi connectivity index (χ1v) is 11.4. The highest BCUT2D eigenvalue weighted by Crippen LogP contribution is 2.47. The molecule has 1 aliphatic heterocycles. The minimum atomic E-state index is 0.0115. The Morgan fingerprint density at radius 2 is 1.87 bits per heavy atom. The fraction of sp³-hybridized carbons (Fsp3) is 0.320. The van der Waals surface area contributed by atoms with Crippen molar-refractivity contribution in [2.24, 2.45) is 0 Å². The molecule has 156 valence electrons. The number of hydrogen-bond donors (Lipinski definition) is 1. The van der Waals surface area contributed by atoms with Crippen molar-refractivity contribution in [2.45, 2.75) is 39.5 Å². The third-order valence-corrected chi connectivity index (χ3v) is 6.38. The molecule has 1 atom stereocenters. The summed E-state index contributed by atoms with van der Waals surface area (Å²) in [5, 5.41) is 5.26. The van der Waals surface area contributed by atoms with Crippen LogP contribution in [0.3, 0.4) is 0 Å². The van der Waals surface area contributed by atoms with Crippen molar-refractivity contribution in [3.8, 4) is 22.6 Å². The Bertz CT molecular complexity index is 1040. The van der Waals surface area contributed by atoms with Gasteiger partial charge in [-0.15, -0.1) is 11.3 Å². The van der Waals surface area contributed by atoms with Crippen molar-refractivity contribution in [2.75, 3.05) is 18.5 Å². The van der Waals surface area contributed by atoms with Gasteiger partial charge in [0.2, 0.25) is 5.91 Å². The molecule has 1 amide bonds. The highest BCUT2D eigenvalue weighted by Gasteiger charge is 2.31. The number of ether oxygens (including phenoxy) is 2. The van der Waals surface area contributed by atoms with Crippen molar-refractivity contribution in [1.29, 1.82) is 0 Å². The number of amides is 1. The Morgan fingerprint density at radius 3 is 2.60 bits per heavy atom. The van der Waals surface area contributed by atoms with Crippen molar-refractivity contribution in [1.82, 2.24) is 0 Å². The summed E-state index contributed by atoms with van der Waals surface area (Å²) in [4.78, 5) is 13.8. The lowest BCUT2D eigenvalue weighted by molar-refractivity contribution is -0.116. The average molecular weight is 422 g/mol. The molecule has 0 radical (unpaired) electrons. The summed E-state index contributed by atoms with van der Waals surface area (Å²) in [6.45, 7) is 7.35. The van der Waals surface area contributed by atoms with Crippen molar-refractivity contribution >= 4 is 22.9 Å². The molecule has 4 nitrogen and oxygen atoms in total. The van der Waals surface area contributed by atoms with Crippen LogP contribution in [0.15, 0.2) is 47.8 Å². The fourth-order valence-electron chi connectivity index (χ4n) is 3.78. The molecule has 2 heterocycles. The first-order chi connectivity index (χ1) is 14.6. The van der Waals surface area contributed by atoms with Gasteiger partial charge < -0.3 is 14.8 Å². The molecule has 1 N–H and O–H groups in total. The Balaban J connectivity index is 1.72. The van der Waals surface area contributed by atoms with Crippen LogP contribution in [0.1, 0.15) is 48.6 Å². The summed E-state index contributed by atoms with van der Waals surface area (Å²) in [6.07, 6.45) is 1.37. The number of carbonyl (C=O) groups is 1. The van der Waals surface area contributed by atoms with E-state index in [9.17, 15) is 4.79 Å². The summed E-state index contributed by atoms with van der Waals surface area (Å²) >= 11 is 1.71. The van der Waals surface area contributed by atoms with Crippen LogP contribution in [0.25, 0.3) is 11.1 Å². The van der Waals surface area contributed by atoms with E-state index in [4.69, 9.17) is 9.47 Å². The third kappa shape index (κ3) is 4.08. The van der Waals surface area contributed by atoms with Crippen LogP contribution in [-0.4, -0.2) is 19.1 Å². The molecule has 1 aliphatic rings. The molecule has 0 aliphatic carbocycles. The van der Waals surface area contributed by atoms with Gasteiger partial charge >= 0.3 is 0 Å². The summed E-state index contributed by atoms with van der Waals surface area (Å²) in [5.41, 5.74) is 5.45. The largest absolute Gasteiger partial charge is 0.490 e. The second-order valence-corrected chi connectivity index (χ2v) is 8.46. The molecule has 0 spiro atoms. The van der Waals surface area contributed by atoms with Crippen LogP contribution in [0, 0.1) is 6.92 Å². The summed E-state index contributed by atoms with van der Waals surface area (Å²) in [5.74, 6) is 1.56. The minimum Gasteiger partial charge on any atom is -0.490 e. The second kappa shape index (κ2) is 8.92. The summed E-state index contributed by atoms with van der Waals surface area (Å²) in [6, 6.07) is 14.5. The number of nitrogens with one attached hydrogen (secondary N) is 1. The standard InChI is InChI=1S/C25H27NO3S/c1-4-12-29-21-11-10-18(13-22(21)28-5-2)19-14-23(27)26-24-20(15-30-25(19)24)17-8-6-16(3)7-9-17/h6-11,13,15,19H,4-5,12,14H2,1-3H3,(H,26,27). The molecule has 0 saturated heterocycles. The third-order valence-electron chi connectivity index (χ3n) is 5.28. The lowest BCUT2D eigenvalue weighted by atomic mass is 9.89. The van der Waals surface area contributed by atoms with Gasteiger partial charge in [-0.05, 0) is 43.5 Å². The molecular formula is C25H27NO3S. The van der Waals surface area contributed by atoms with E-state index in [0.717, 1.165) is 40.3 Å². The molecule has 2 aromatic carbocycles. The Morgan fingerprint density at radius 1 is 1.07 bits per heavy atom. The normalized spacial score (nSPS) is 15.4. The summed E-state index contributed by atoms with van der Waals surface area (Å²) < 4.78 is 11.7. The quantitative estimate of drug-likeness (QED) is 0.481. The van der Waals surface area contributed by atoms with Crippen LogP contribution in [0.4, 0.5) is 5.69 Å². The van der Waals surface area contributed by atoms with Gasteiger partial charge in [0.05, 0.1) is 18.9 Å². The highest BCUT2D eigenvalue weighted by atomic mass is 32.1. The van der Waals surface area contributed by atoms with Gasteiger partial charge in [-0.3, -0.25) is 4.79 Å². The molecule has 5 heteroatoms. The van der Waals surface area contributed by atoms with E-state index in [1.54, 1.807) is 11.3 Å². The average Bonchev–Trinajstić information content (AvgIpc) is 3.16. The number of benzene rings is 2. The van der Waals surface area contributed by atoms with Crippen molar-refractivity contribution < 1.29 is 14.3 Å². The van der Waals surface area contributed by atoms with Gasteiger partial charge in [-0.1, -0.05) is 42.8 Å². The van der Waals surface area contributed by atoms with Gasteiger partial charge in [-0.2, -0.15) is 0 Å². The molecule has 4 rings (SSSR count). The maximum absolute atomic E-state index is 12.6. The number of anilines is 1. The topological polar surface area (TPSA) is 47.6 Å². The zero-order valence-corrected chi connectivity index (χ0v) is 18.5. The van der Waals surface area contributed by atoms with E-state index < -0.39 is 0 Å². The molecule has 3 aromatic rings. The van der Waals surface area contributed by atoms with Crippen molar-refractivity contribution in [3.63, 3.8) is 0 Å². The number of rotatable bonds is 7. The van der Waals surface area contributed by atoms with E-state index >= 15 is 0 Å². The zero-order valence-electron chi connectivity index (χ0n) is 17.7. The van der Waals surface area contributed by atoms with Crippen LogP contribution < -0.4 is 14.8 Å². The maximum atomic E-state index is 12.6. The number of thiophene rings is 1. The lowest BCUT2D eigenvalue weighted by Crippen LogP contribution is -2.22. The molecular weight excluding hydrogens is 394 g/mol. The van der Waals surface area contributed by atoms with Gasteiger partial charge in [0, 0.05) is 28.2 Å². The SMILES string of the molecule is CCCOc1ccc(C2CC(=O)Nc3c(-c4ccc(C)cc4)csc32)cc1OCC. The smallest absolute Gasteiger partial charge is 0.225 e. The van der Waals surface area contributed by atoms with Gasteiger partial charge in [0.15, 0.2) is 11.5 Å². The molecule has 1 aromatic heterocycles. The molecule has 0 fully saturated rings. The van der Waals surface area contributed by atoms with Gasteiger partial charge in [0.1, 0.15) is 0 Å². The first-order valence-electron chi connectivity index (χ1n) is 10.5. The Kier molecular flexibility index (Phi) is 6.09. The van der Waals surface area contributed by atoms with E-state index in [2.05, 4.69) is 54.9 Å². The Hall–Kier alpha value is -2.79. The second-order valence-electron chi connectivity index (χ2n) is 7.55. The number of hydrogen-bond acceptors (Lipinski definition) is 4. The van der Waals surface area contributed by atoms with Crippen molar-refractivity contribution in [3.05, 3.63) is 63.8 Å². The predicted molar refractivity (Wildman–Crippen MR) is 123 cm³/mol. The van der Waals surface area contributed by atoms with Gasteiger partial charge in [-0.25, -0.2) is 0 Å². The monoisotopic (exact) mass is 421 g/mol. The van der Waals surface area contributed by atoms with Crippen LogP contribution >= 0.6 is 11.3 Å². The Labute approximate surface area is 181 Å². The lowest BCUT2D eigenvalue weighted by Gasteiger charge is -2.25. The molecule has 30 heavy (non-hydrogen) atoms.